The number of nitrogens with one attached hydrogen (secondary N) is 2. The van der Waals surface area contributed by atoms with Gasteiger partial charge in [0.05, 0.1) is 10.7 Å². The van der Waals surface area contributed by atoms with Gasteiger partial charge in [0.15, 0.2) is 5.69 Å². The minimum Gasteiger partial charge on any atom is -0.323 e. The Morgan fingerprint density at radius 3 is 2.15 bits per heavy atom. The van der Waals surface area contributed by atoms with Gasteiger partial charge in [-0.1, -0.05) is 41.2 Å². The lowest BCUT2D eigenvalue weighted by Gasteiger charge is -2.26. The maximum atomic E-state index is 13.1. The number of hydrogen-bond acceptors (Lipinski definition) is 4. The molecule has 0 unspecified atom stereocenters. The monoisotopic (exact) mass is 507 g/mol. The van der Waals surface area contributed by atoms with E-state index in [-0.39, 0.29) is 5.91 Å². The van der Waals surface area contributed by atoms with Gasteiger partial charge in [-0.25, -0.2) is 9.99 Å². The molecule has 2 heterocycles. The number of piperidine rings is 1. The van der Waals surface area contributed by atoms with Crippen LogP contribution < -0.4 is 10.7 Å². The summed E-state index contributed by atoms with van der Waals surface area (Å²) < 4.78 is 1.91. The molecule has 6 nitrogen and oxygen atoms in total. The third-order valence-electron chi connectivity index (χ3n) is 5.20. The molecule has 2 N–H and O–H groups in total. The van der Waals surface area contributed by atoms with E-state index in [2.05, 4.69) is 10.7 Å². The van der Waals surface area contributed by atoms with Crippen molar-refractivity contribution in [2.24, 2.45) is 0 Å². The average Bonchev–Trinajstić information content (AvgIpc) is 3.12. The van der Waals surface area contributed by atoms with Crippen molar-refractivity contribution in [3.05, 3.63) is 68.9 Å². The second-order valence-corrected chi connectivity index (χ2v) is 9.07. The maximum Gasteiger partial charge on any atom is 0.286 e. The molecule has 2 aromatic carbocycles. The highest BCUT2D eigenvalue weighted by molar-refractivity contribution is 6.36. The first-order valence-corrected chi connectivity index (χ1v) is 11.9. The van der Waals surface area contributed by atoms with E-state index < -0.39 is 0 Å². The van der Waals surface area contributed by atoms with Crippen LogP contribution in [0.25, 0.3) is 17.1 Å². The molecule has 0 radical (unpaired) electrons. The number of aromatic nitrogens is 2. The molecule has 1 fully saturated rings. The molecule has 1 aromatic heterocycles. The van der Waals surface area contributed by atoms with Crippen LogP contribution in [0.2, 0.25) is 15.1 Å². The molecular weight excluding hydrogens is 481 g/mol. The van der Waals surface area contributed by atoms with Crippen molar-refractivity contribution in [3.8, 4) is 17.1 Å². The zero-order valence-electron chi connectivity index (χ0n) is 19.0. The molecule has 1 amide bonds. The Morgan fingerprint density at radius 2 is 1.55 bits per heavy atom. The van der Waals surface area contributed by atoms with E-state index in [9.17, 15) is 4.79 Å². The second-order valence-electron chi connectivity index (χ2n) is 7.79. The SMILES string of the molecule is CNC.Cc1c(C(=O)NN2CCCCC2)nc(-c2ccc(Cl)cc2Cl)n1-c1ccc(Cl)cc1. The molecule has 1 aliphatic rings. The lowest BCUT2D eigenvalue weighted by atomic mass is 10.2. The highest BCUT2D eigenvalue weighted by atomic mass is 35.5. The molecule has 3 aromatic rings. The Hall–Kier alpha value is -2.09. The van der Waals surface area contributed by atoms with E-state index in [1.807, 2.05) is 48.8 Å². The fourth-order valence-corrected chi connectivity index (χ4v) is 4.30. The summed E-state index contributed by atoms with van der Waals surface area (Å²) in [5, 5.41) is 6.34. The van der Waals surface area contributed by atoms with Crippen molar-refractivity contribution in [2.45, 2.75) is 26.2 Å². The second kappa shape index (κ2) is 11.9. The minimum absolute atomic E-state index is 0.228. The Balaban J connectivity index is 0.000000968. The van der Waals surface area contributed by atoms with Crippen molar-refractivity contribution in [1.82, 2.24) is 25.3 Å². The van der Waals surface area contributed by atoms with Crippen LogP contribution in [0.4, 0.5) is 0 Å². The number of amides is 1. The molecule has 0 bridgehead atoms. The van der Waals surface area contributed by atoms with Crippen molar-refractivity contribution < 1.29 is 4.79 Å². The number of hydrogen-bond donors (Lipinski definition) is 2. The van der Waals surface area contributed by atoms with Crippen molar-refractivity contribution in [2.75, 3.05) is 27.2 Å². The summed E-state index contributed by atoms with van der Waals surface area (Å²) in [7, 11) is 3.75. The van der Waals surface area contributed by atoms with Gasteiger partial charge < -0.3 is 5.32 Å². The number of imidazole rings is 1. The first-order chi connectivity index (χ1) is 15.8. The van der Waals surface area contributed by atoms with Crippen molar-refractivity contribution >= 4 is 40.7 Å². The van der Waals surface area contributed by atoms with Crippen molar-refractivity contribution in [1.29, 1.82) is 0 Å². The molecule has 0 atom stereocenters. The summed E-state index contributed by atoms with van der Waals surface area (Å²) >= 11 is 18.6. The number of carbonyl (C=O) groups is 1. The number of carbonyl (C=O) groups excluding carboxylic acids is 1. The van der Waals surface area contributed by atoms with Gasteiger partial charge in [0.25, 0.3) is 5.91 Å². The van der Waals surface area contributed by atoms with Gasteiger partial charge >= 0.3 is 0 Å². The number of hydrazine groups is 1. The summed E-state index contributed by atoms with van der Waals surface area (Å²) in [5.41, 5.74) is 5.60. The zero-order chi connectivity index (χ0) is 24.0. The quantitative estimate of drug-likeness (QED) is 0.469. The Bertz CT molecular complexity index is 1090. The molecule has 4 rings (SSSR count). The van der Waals surface area contributed by atoms with E-state index in [0.717, 1.165) is 31.6 Å². The van der Waals surface area contributed by atoms with Crippen LogP contribution in [-0.4, -0.2) is 47.7 Å². The van der Waals surface area contributed by atoms with Gasteiger partial charge in [-0.2, -0.15) is 0 Å². The molecular formula is C24H28Cl3N5O. The minimum atomic E-state index is -0.228. The molecule has 1 saturated heterocycles. The van der Waals surface area contributed by atoms with E-state index in [0.29, 0.717) is 37.8 Å². The molecule has 176 valence electrons. The number of rotatable bonds is 4. The summed E-state index contributed by atoms with van der Waals surface area (Å²) in [5.74, 6) is 0.341. The number of nitrogens with zero attached hydrogens (tertiary/aromatic N) is 3. The fourth-order valence-electron chi connectivity index (χ4n) is 3.68. The average molecular weight is 509 g/mol. The van der Waals surface area contributed by atoms with Gasteiger partial charge in [0.2, 0.25) is 0 Å². The van der Waals surface area contributed by atoms with Crippen LogP contribution in [0.5, 0.6) is 0 Å². The Kier molecular flexibility index (Phi) is 9.18. The zero-order valence-corrected chi connectivity index (χ0v) is 21.2. The van der Waals surface area contributed by atoms with E-state index >= 15 is 0 Å². The number of benzene rings is 2. The van der Waals surface area contributed by atoms with E-state index in [1.54, 1.807) is 24.3 Å². The van der Waals surface area contributed by atoms with Gasteiger partial charge in [0, 0.05) is 34.4 Å². The van der Waals surface area contributed by atoms with Crippen LogP contribution >= 0.6 is 34.8 Å². The predicted octanol–water partition coefficient (Wildman–Crippen LogP) is 5.77. The fraction of sp³-hybridized carbons (Fsp3) is 0.333. The third kappa shape index (κ3) is 6.28. The summed E-state index contributed by atoms with van der Waals surface area (Å²) in [4.78, 5) is 17.7. The topological polar surface area (TPSA) is 62.2 Å². The Labute approximate surface area is 209 Å². The molecule has 9 heteroatoms. The lowest BCUT2D eigenvalue weighted by Crippen LogP contribution is -2.45. The highest BCUT2D eigenvalue weighted by Crippen LogP contribution is 2.33. The number of halogens is 3. The van der Waals surface area contributed by atoms with Gasteiger partial charge in [0.1, 0.15) is 5.82 Å². The Morgan fingerprint density at radius 1 is 0.939 bits per heavy atom. The normalized spacial score (nSPS) is 13.9. The summed E-state index contributed by atoms with van der Waals surface area (Å²) in [6, 6.07) is 12.6. The first kappa shape index (κ1) is 25.5. The van der Waals surface area contributed by atoms with Crippen LogP contribution in [0.15, 0.2) is 42.5 Å². The third-order valence-corrected chi connectivity index (χ3v) is 6.00. The molecule has 0 aliphatic carbocycles. The lowest BCUT2D eigenvalue weighted by molar-refractivity contribution is 0.0744. The largest absolute Gasteiger partial charge is 0.323 e. The van der Waals surface area contributed by atoms with Gasteiger partial charge in [-0.3, -0.25) is 14.8 Å². The molecule has 1 aliphatic heterocycles. The van der Waals surface area contributed by atoms with Crippen LogP contribution in [0.1, 0.15) is 35.4 Å². The smallest absolute Gasteiger partial charge is 0.286 e. The maximum absolute atomic E-state index is 13.1. The summed E-state index contributed by atoms with van der Waals surface area (Å²) in [6.07, 6.45) is 3.34. The van der Waals surface area contributed by atoms with Crippen molar-refractivity contribution in [3.63, 3.8) is 0 Å². The van der Waals surface area contributed by atoms with E-state index in [4.69, 9.17) is 39.8 Å². The van der Waals surface area contributed by atoms with Gasteiger partial charge in [-0.15, -0.1) is 0 Å². The van der Waals surface area contributed by atoms with E-state index in [1.165, 1.54) is 6.42 Å². The first-order valence-electron chi connectivity index (χ1n) is 10.8. The molecule has 0 spiro atoms. The standard InChI is InChI=1S/C22H21Cl3N4O.C2H7N/c1-14-20(22(30)27-28-11-3-2-4-12-28)26-21(18-10-7-16(24)13-19(18)25)29(14)17-8-5-15(23)6-9-17;1-3-2/h5-10,13H,2-4,11-12H2,1H3,(H,27,30);3H,1-2H3. The van der Waals surface area contributed by atoms with Crippen LogP contribution in [-0.2, 0) is 0 Å². The highest BCUT2D eigenvalue weighted by Gasteiger charge is 2.24. The molecule has 33 heavy (non-hydrogen) atoms. The predicted molar refractivity (Wildman–Crippen MR) is 137 cm³/mol. The van der Waals surface area contributed by atoms with Gasteiger partial charge in [-0.05, 0) is 76.3 Å². The van der Waals surface area contributed by atoms with Crippen LogP contribution in [0, 0.1) is 6.92 Å². The summed E-state index contributed by atoms with van der Waals surface area (Å²) in [6.45, 7) is 3.57. The van der Waals surface area contributed by atoms with Crippen LogP contribution in [0.3, 0.4) is 0 Å². The molecule has 0 saturated carbocycles.